The number of rotatable bonds is 6. The van der Waals surface area contributed by atoms with Crippen molar-refractivity contribution in [2.75, 3.05) is 26.8 Å². The predicted octanol–water partition coefficient (Wildman–Crippen LogP) is 2.55. The first kappa shape index (κ1) is 14.7. The molecule has 0 heterocycles. The molecule has 0 aromatic heterocycles. The van der Waals surface area contributed by atoms with E-state index in [-0.39, 0.29) is 0 Å². The molecule has 0 unspecified atom stereocenters. The van der Waals surface area contributed by atoms with Crippen LogP contribution in [0.1, 0.15) is 45.4 Å². The van der Waals surface area contributed by atoms with Crippen molar-refractivity contribution in [3.63, 3.8) is 0 Å². The van der Waals surface area contributed by atoms with Gasteiger partial charge in [-0.15, -0.1) is 0 Å². The van der Waals surface area contributed by atoms with Crippen molar-refractivity contribution in [2.45, 2.75) is 51.5 Å². The van der Waals surface area contributed by atoms with E-state index in [9.17, 15) is 0 Å². The molecule has 1 rings (SSSR count). The van der Waals surface area contributed by atoms with Crippen LogP contribution in [0.3, 0.4) is 0 Å². The molecular weight excluding hydrogens is 232 g/mol. The first-order valence-corrected chi connectivity index (χ1v) is 7.23. The maximum atomic E-state index is 5.48. The van der Waals surface area contributed by atoms with Crippen LogP contribution in [0, 0.1) is 0 Å². The molecule has 0 spiro atoms. The summed E-state index contributed by atoms with van der Waals surface area (Å²) >= 11 is 5.48. The molecule has 1 aliphatic rings. The van der Waals surface area contributed by atoms with Crippen LogP contribution in [0.5, 0.6) is 0 Å². The number of nitrogens with zero attached hydrogens (tertiary/aromatic N) is 1. The number of hydrogen-bond donors (Lipinski definition) is 1. The lowest BCUT2D eigenvalue weighted by Gasteiger charge is -2.35. The summed E-state index contributed by atoms with van der Waals surface area (Å²) in [4.78, 5) is 2.36. The highest BCUT2D eigenvalue weighted by atomic mass is 32.1. The van der Waals surface area contributed by atoms with E-state index in [1.165, 1.54) is 32.1 Å². The minimum Gasteiger partial charge on any atom is -0.385 e. The fourth-order valence-corrected chi connectivity index (χ4v) is 2.85. The van der Waals surface area contributed by atoms with Gasteiger partial charge in [-0.05, 0) is 38.4 Å². The Kier molecular flexibility index (Phi) is 7.53. The van der Waals surface area contributed by atoms with Gasteiger partial charge in [0.2, 0.25) is 0 Å². The molecule has 0 radical (unpaired) electrons. The topological polar surface area (TPSA) is 24.5 Å². The van der Waals surface area contributed by atoms with Crippen molar-refractivity contribution in [1.82, 2.24) is 10.2 Å². The van der Waals surface area contributed by atoms with Gasteiger partial charge in [-0.2, -0.15) is 0 Å². The summed E-state index contributed by atoms with van der Waals surface area (Å²) in [5, 5.41) is 4.27. The van der Waals surface area contributed by atoms with Crippen molar-refractivity contribution in [3.8, 4) is 0 Å². The fraction of sp³-hybridized carbons (Fsp3) is 0.923. The molecule has 0 aliphatic heterocycles. The molecule has 0 aromatic carbocycles. The number of methoxy groups -OCH3 is 1. The highest BCUT2D eigenvalue weighted by molar-refractivity contribution is 7.80. The highest BCUT2D eigenvalue weighted by Gasteiger charge is 2.21. The Balaban J connectivity index is 2.29. The van der Waals surface area contributed by atoms with Crippen molar-refractivity contribution < 1.29 is 4.74 Å². The largest absolute Gasteiger partial charge is 0.385 e. The average molecular weight is 258 g/mol. The van der Waals surface area contributed by atoms with Gasteiger partial charge >= 0.3 is 0 Å². The van der Waals surface area contributed by atoms with Crippen molar-refractivity contribution in [3.05, 3.63) is 0 Å². The van der Waals surface area contributed by atoms with E-state index in [1.54, 1.807) is 7.11 Å². The molecule has 3 nitrogen and oxygen atoms in total. The van der Waals surface area contributed by atoms with Crippen LogP contribution in [-0.2, 0) is 4.74 Å². The molecule has 4 heteroatoms. The Labute approximate surface area is 111 Å². The van der Waals surface area contributed by atoms with Crippen LogP contribution in [0.4, 0.5) is 0 Å². The maximum absolute atomic E-state index is 5.48. The predicted molar refractivity (Wildman–Crippen MR) is 76.3 cm³/mol. The van der Waals surface area contributed by atoms with Gasteiger partial charge in [0, 0.05) is 32.8 Å². The van der Waals surface area contributed by atoms with E-state index in [2.05, 4.69) is 17.1 Å². The van der Waals surface area contributed by atoms with Crippen LogP contribution >= 0.6 is 12.2 Å². The second-order valence-corrected chi connectivity index (χ2v) is 5.04. The normalized spacial score (nSPS) is 16.8. The second kappa shape index (κ2) is 8.70. The van der Waals surface area contributed by atoms with Gasteiger partial charge in [0.05, 0.1) is 0 Å². The molecule has 0 aromatic rings. The van der Waals surface area contributed by atoms with E-state index in [0.29, 0.717) is 6.04 Å². The van der Waals surface area contributed by atoms with Crippen LogP contribution in [-0.4, -0.2) is 42.9 Å². The summed E-state index contributed by atoms with van der Waals surface area (Å²) in [6.45, 7) is 4.92. The minimum absolute atomic E-state index is 0.663. The fourth-order valence-electron chi connectivity index (χ4n) is 2.47. The van der Waals surface area contributed by atoms with Gasteiger partial charge in [0.15, 0.2) is 5.11 Å². The van der Waals surface area contributed by atoms with Crippen molar-refractivity contribution >= 4 is 17.3 Å². The van der Waals surface area contributed by atoms with Gasteiger partial charge in [0.1, 0.15) is 0 Å². The number of hydrogen-bond acceptors (Lipinski definition) is 2. The Morgan fingerprint density at radius 3 is 2.65 bits per heavy atom. The third kappa shape index (κ3) is 5.21. The highest BCUT2D eigenvalue weighted by Crippen LogP contribution is 2.22. The maximum Gasteiger partial charge on any atom is 0.169 e. The van der Waals surface area contributed by atoms with Gasteiger partial charge in [-0.1, -0.05) is 19.3 Å². The SMILES string of the molecule is CCN(C(=S)NCCCOC)C1CCCCC1. The van der Waals surface area contributed by atoms with Crippen molar-refractivity contribution in [1.29, 1.82) is 0 Å². The van der Waals surface area contributed by atoms with E-state index >= 15 is 0 Å². The van der Waals surface area contributed by atoms with Gasteiger partial charge in [-0.25, -0.2) is 0 Å². The summed E-state index contributed by atoms with van der Waals surface area (Å²) in [7, 11) is 1.73. The summed E-state index contributed by atoms with van der Waals surface area (Å²) < 4.78 is 5.03. The lowest BCUT2D eigenvalue weighted by atomic mass is 9.94. The minimum atomic E-state index is 0.663. The molecule has 1 N–H and O–H groups in total. The molecule has 0 bridgehead atoms. The molecule has 1 saturated carbocycles. The van der Waals surface area contributed by atoms with Crippen LogP contribution < -0.4 is 5.32 Å². The van der Waals surface area contributed by atoms with Crippen LogP contribution in [0.25, 0.3) is 0 Å². The third-order valence-electron chi connectivity index (χ3n) is 3.42. The first-order chi connectivity index (χ1) is 8.29. The monoisotopic (exact) mass is 258 g/mol. The smallest absolute Gasteiger partial charge is 0.169 e. The van der Waals surface area contributed by atoms with Gasteiger partial charge in [0.25, 0.3) is 0 Å². The van der Waals surface area contributed by atoms with Crippen LogP contribution in [0.2, 0.25) is 0 Å². The Hall–Kier alpha value is -0.350. The number of nitrogens with one attached hydrogen (secondary N) is 1. The molecule has 1 aliphatic carbocycles. The van der Waals surface area contributed by atoms with E-state index in [4.69, 9.17) is 17.0 Å². The third-order valence-corrected chi connectivity index (χ3v) is 3.80. The molecular formula is C13H26N2OS. The van der Waals surface area contributed by atoms with Gasteiger partial charge < -0.3 is 15.0 Å². The first-order valence-electron chi connectivity index (χ1n) is 6.83. The summed E-state index contributed by atoms with van der Waals surface area (Å²) in [6, 6.07) is 0.663. The van der Waals surface area contributed by atoms with E-state index in [1.807, 2.05) is 0 Å². The molecule has 0 atom stereocenters. The van der Waals surface area contributed by atoms with E-state index in [0.717, 1.165) is 31.2 Å². The summed E-state index contributed by atoms with van der Waals surface area (Å²) in [5.41, 5.74) is 0. The summed E-state index contributed by atoms with van der Waals surface area (Å²) in [5.74, 6) is 0. The molecule has 0 amide bonds. The average Bonchev–Trinajstić information content (AvgIpc) is 2.37. The lowest BCUT2D eigenvalue weighted by molar-refractivity contribution is 0.194. The number of ether oxygens (including phenoxy) is 1. The van der Waals surface area contributed by atoms with E-state index < -0.39 is 0 Å². The molecule has 17 heavy (non-hydrogen) atoms. The van der Waals surface area contributed by atoms with Gasteiger partial charge in [-0.3, -0.25) is 0 Å². The zero-order chi connectivity index (χ0) is 12.5. The van der Waals surface area contributed by atoms with Crippen LogP contribution in [0.15, 0.2) is 0 Å². The second-order valence-electron chi connectivity index (χ2n) is 4.66. The number of thiocarbonyl (C=S) groups is 1. The zero-order valence-corrected chi connectivity index (χ0v) is 12.0. The standard InChI is InChI=1S/C13H26N2OS/c1-3-15(12-8-5-4-6-9-12)13(17)14-10-7-11-16-2/h12H,3-11H2,1-2H3,(H,14,17). The quantitative estimate of drug-likeness (QED) is 0.584. The molecule has 1 fully saturated rings. The molecule has 0 saturated heterocycles. The lowest BCUT2D eigenvalue weighted by Crippen LogP contribution is -2.46. The molecule has 100 valence electrons. The van der Waals surface area contributed by atoms with Crippen molar-refractivity contribution in [2.24, 2.45) is 0 Å². The zero-order valence-electron chi connectivity index (χ0n) is 11.2. The Morgan fingerprint density at radius 2 is 2.06 bits per heavy atom. The Morgan fingerprint density at radius 1 is 1.35 bits per heavy atom. The summed E-state index contributed by atoms with van der Waals surface area (Å²) in [6.07, 6.45) is 7.71. The Bertz CT molecular complexity index is 217.